The maximum Gasteiger partial charge on any atom is 0.172 e. The van der Waals surface area contributed by atoms with Crippen LogP contribution < -0.4 is 0 Å². The highest BCUT2D eigenvalue weighted by molar-refractivity contribution is 5.84. The largest absolute Gasteiger partial charge is 0.301 e. The lowest BCUT2D eigenvalue weighted by Gasteiger charge is -2.15. The maximum atomic E-state index is 11.3. The van der Waals surface area contributed by atoms with Gasteiger partial charge in [0.25, 0.3) is 0 Å². The van der Waals surface area contributed by atoms with Crippen molar-refractivity contribution >= 4 is 6.29 Å². The third-order valence-electron chi connectivity index (χ3n) is 4.10. The zero-order valence-electron chi connectivity index (χ0n) is 12.3. The van der Waals surface area contributed by atoms with E-state index in [0.717, 1.165) is 49.3 Å². The van der Waals surface area contributed by atoms with Gasteiger partial charge in [-0.2, -0.15) is 0 Å². The van der Waals surface area contributed by atoms with Crippen LogP contribution in [0.15, 0.2) is 24.3 Å². The number of aldehydes is 1. The Morgan fingerprint density at radius 1 is 1.19 bits per heavy atom. The normalized spacial score (nSPS) is 15.5. The van der Waals surface area contributed by atoms with Crippen molar-refractivity contribution in [1.82, 2.24) is 19.9 Å². The summed E-state index contributed by atoms with van der Waals surface area (Å²) < 4.78 is 1.87. The Bertz CT molecular complexity index is 629. The fraction of sp³-hybridized carbons (Fsp3) is 0.438. The van der Waals surface area contributed by atoms with Crippen molar-refractivity contribution < 1.29 is 4.79 Å². The standard InChI is InChI=1S/C16H20N4O/c1-13-6-2-3-7-14(13)16-15(12-21)17-18-20(16)11-10-19-8-4-5-9-19/h2-3,6-7,12H,4-5,8-11H2,1H3. The topological polar surface area (TPSA) is 51.0 Å². The van der Waals surface area contributed by atoms with Gasteiger partial charge in [0, 0.05) is 12.1 Å². The van der Waals surface area contributed by atoms with Gasteiger partial charge >= 0.3 is 0 Å². The summed E-state index contributed by atoms with van der Waals surface area (Å²) >= 11 is 0. The second kappa shape index (κ2) is 6.18. The van der Waals surface area contributed by atoms with Crippen LogP contribution in [0.2, 0.25) is 0 Å². The number of nitrogens with zero attached hydrogens (tertiary/aromatic N) is 4. The number of aromatic nitrogens is 3. The molecule has 1 aromatic carbocycles. The molecule has 21 heavy (non-hydrogen) atoms. The Kier molecular flexibility index (Phi) is 4.10. The molecule has 1 saturated heterocycles. The van der Waals surface area contributed by atoms with E-state index in [4.69, 9.17) is 0 Å². The summed E-state index contributed by atoms with van der Waals surface area (Å²) in [5.41, 5.74) is 3.42. The summed E-state index contributed by atoms with van der Waals surface area (Å²) in [7, 11) is 0. The van der Waals surface area contributed by atoms with Crippen molar-refractivity contribution in [2.45, 2.75) is 26.3 Å². The van der Waals surface area contributed by atoms with Crippen LogP contribution in [0.3, 0.4) is 0 Å². The highest BCUT2D eigenvalue weighted by Crippen LogP contribution is 2.24. The smallest absolute Gasteiger partial charge is 0.172 e. The molecule has 1 aliphatic rings. The third kappa shape index (κ3) is 2.88. The average molecular weight is 284 g/mol. The molecule has 1 aliphatic heterocycles. The molecule has 1 aromatic heterocycles. The Hall–Kier alpha value is -2.01. The molecule has 5 nitrogen and oxygen atoms in total. The molecule has 3 rings (SSSR count). The van der Waals surface area contributed by atoms with Crippen LogP contribution in [0.4, 0.5) is 0 Å². The lowest BCUT2D eigenvalue weighted by molar-refractivity contribution is 0.111. The number of carbonyl (C=O) groups is 1. The van der Waals surface area contributed by atoms with Crippen LogP contribution in [0, 0.1) is 6.92 Å². The van der Waals surface area contributed by atoms with E-state index in [-0.39, 0.29) is 0 Å². The summed E-state index contributed by atoms with van der Waals surface area (Å²) in [6, 6.07) is 8.04. The highest BCUT2D eigenvalue weighted by atomic mass is 16.1. The molecule has 2 heterocycles. The predicted octanol–water partition coefficient (Wildman–Crippen LogP) is 2.16. The summed E-state index contributed by atoms with van der Waals surface area (Å²) in [6.45, 7) is 6.09. The van der Waals surface area contributed by atoms with Gasteiger partial charge in [0.1, 0.15) is 0 Å². The number of carbonyl (C=O) groups excluding carboxylic acids is 1. The van der Waals surface area contributed by atoms with Gasteiger partial charge < -0.3 is 4.90 Å². The molecule has 5 heteroatoms. The Morgan fingerprint density at radius 2 is 1.95 bits per heavy atom. The number of benzene rings is 1. The van der Waals surface area contributed by atoms with Gasteiger partial charge in [0.05, 0.1) is 12.2 Å². The number of aryl methyl sites for hydroxylation is 1. The van der Waals surface area contributed by atoms with Crippen molar-refractivity contribution in [3.05, 3.63) is 35.5 Å². The number of hydrogen-bond donors (Lipinski definition) is 0. The lowest BCUT2D eigenvalue weighted by atomic mass is 10.0. The summed E-state index contributed by atoms with van der Waals surface area (Å²) in [4.78, 5) is 13.7. The fourth-order valence-electron chi connectivity index (χ4n) is 2.92. The van der Waals surface area contributed by atoms with Crippen LogP contribution in [-0.2, 0) is 6.54 Å². The Morgan fingerprint density at radius 3 is 2.67 bits per heavy atom. The van der Waals surface area contributed by atoms with Crippen LogP contribution in [0.5, 0.6) is 0 Å². The van der Waals surface area contributed by atoms with Gasteiger partial charge in [-0.15, -0.1) is 5.10 Å². The Labute approximate surface area is 124 Å². The second-order valence-electron chi connectivity index (χ2n) is 5.53. The van der Waals surface area contributed by atoms with Gasteiger partial charge in [-0.1, -0.05) is 29.5 Å². The SMILES string of the molecule is Cc1ccccc1-c1c(C=O)nnn1CCN1CCCC1. The van der Waals surface area contributed by atoms with Crippen molar-refractivity contribution in [3.8, 4) is 11.3 Å². The molecular weight excluding hydrogens is 264 g/mol. The van der Waals surface area contributed by atoms with E-state index in [1.165, 1.54) is 12.8 Å². The van der Waals surface area contributed by atoms with E-state index in [1.54, 1.807) is 0 Å². The molecule has 0 aliphatic carbocycles. The molecule has 0 N–H and O–H groups in total. The van der Waals surface area contributed by atoms with E-state index in [0.29, 0.717) is 5.69 Å². The predicted molar refractivity (Wildman–Crippen MR) is 81.3 cm³/mol. The van der Waals surface area contributed by atoms with E-state index in [9.17, 15) is 4.79 Å². The molecular formula is C16H20N4O. The maximum absolute atomic E-state index is 11.3. The van der Waals surface area contributed by atoms with Crippen LogP contribution in [0.1, 0.15) is 28.9 Å². The van der Waals surface area contributed by atoms with Gasteiger partial charge in [-0.25, -0.2) is 4.68 Å². The lowest BCUT2D eigenvalue weighted by Crippen LogP contribution is -2.24. The second-order valence-corrected chi connectivity index (χ2v) is 5.53. The number of likely N-dealkylation sites (tertiary alicyclic amines) is 1. The molecule has 2 aromatic rings. The number of rotatable bonds is 5. The zero-order valence-corrected chi connectivity index (χ0v) is 12.3. The quantitative estimate of drug-likeness (QED) is 0.790. The molecule has 1 fully saturated rings. The molecule has 0 radical (unpaired) electrons. The summed E-state index contributed by atoms with van der Waals surface area (Å²) in [6.07, 6.45) is 3.35. The molecule has 0 unspecified atom stereocenters. The molecule has 0 amide bonds. The monoisotopic (exact) mass is 284 g/mol. The molecule has 0 bridgehead atoms. The van der Waals surface area contributed by atoms with Crippen molar-refractivity contribution in [1.29, 1.82) is 0 Å². The average Bonchev–Trinajstić information content (AvgIpc) is 3.14. The first-order valence-corrected chi connectivity index (χ1v) is 7.46. The fourth-order valence-corrected chi connectivity index (χ4v) is 2.92. The Balaban J connectivity index is 1.89. The van der Waals surface area contributed by atoms with Crippen LogP contribution >= 0.6 is 0 Å². The van der Waals surface area contributed by atoms with Gasteiger partial charge in [0.2, 0.25) is 0 Å². The van der Waals surface area contributed by atoms with Gasteiger partial charge in [0.15, 0.2) is 12.0 Å². The minimum atomic E-state index is 0.422. The minimum absolute atomic E-state index is 0.422. The van der Waals surface area contributed by atoms with E-state index < -0.39 is 0 Å². The molecule has 0 atom stereocenters. The minimum Gasteiger partial charge on any atom is -0.301 e. The molecule has 110 valence electrons. The summed E-state index contributed by atoms with van der Waals surface area (Å²) in [5.74, 6) is 0. The van der Waals surface area contributed by atoms with E-state index in [1.807, 2.05) is 35.9 Å². The third-order valence-corrected chi connectivity index (χ3v) is 4.10. The first-order valence-electron chi connectivity index (χ1n) is 7.46. The van der Waals surface area contributed by atoms with Crippen molar-refractivity contribution in [3.63, 3.8) is 0 Å². The van der Waals surface area contributed by atoms with Crippen molar-refractivity contribution in [2.75, 3.05) is 19.6 Å². The van der Waals surface area contributed by atoms with E-state index in [2.05, 4.69) is 15.2 Å². The highest BCUT2D eigenvalue weighted by Gasteiger charge is 2.17. The molecule has 0 spiro atoms. The first kappa shape index (κ1) is 13.9. The van der Waals surface area contributed by atoms with Crippen LogP contribution in [-0.4, -0.2) is 45.8 Å². The first-order chi connectivity index (χ1) is 10.3. The van der Waals surface area contributed by atoms with Gasteiger partial charge in [-0.3, -0.25) is 4.79 Å². The van der Waals surface area contributed by atoms with Crippen LogP contribution in [0.25, 0.3) is 11.3 Å². The summed E-state index contributed by atoms with van der Waals surface area (Å²) in [5, 5.41) is 8.20. The van der Waals surface area contributed by atoms with Gasteiger partial charge in [-0.05, 0) is 38.4 Å². The van der Waals surface area contributed by atoms with Crippen molar-refractivity contribution in [2.24, 2.45) is 0 Å². The zero-order chi connectivity index (χ0) is 14.7. The molecule has 0 saturated carbocycles. The number of hydrogen-bond acceptors (Lipinski definition) is 4. The van der Waals surface area contributed by atoms with E-state index >= 15 is 0 Å².